The van der Waals surface area contributed by atoms with Crippen molar-refractivity contribution in [1.82, 2.24) is 10.2 Å². The first kappa shape index (κ1) is 29.0. The lowest BCUT2D eigenvalue weighted by Crippen LogP contribution is -2.53. The number of anilines is 1. The molecule has 2 rings (SSSR count). The van der Waals surface area contributed by atoms with Crippen LogP contribution in [0.5, 0.6) is 0 Å². The minimum absolute atomic E-state index is 0.0776. The summed E-state index contributed by atoms with van der Waals surface area (Å²) >= 11 is 10.5. The summed E-state index contributed by atoms with van der Waals surface area (Å²) in [6.07, 6.45) is -0.810. The third-order valence-corrected chi connectivity index (χ3v) is 5.89. The first-order chi connectivity index (χ1) is 16.9. The van der Waals surface area contributed by atoms with Gasteiger partial charge < -0.3 is 20.3 Å². The van der Waals surface area contributed by atoms with Gasteiger partial charge in [0.25, 0.3) is 5.91 Å². The van der Waals surface area contributed by atoms with Crippen LogP contribution in [-0.2, 0) is 14.3 Å². The topological polar surface area (TPSA) is 112 Å². The zero-order valence-corrected chi connectivity index (χ0v) is 22.6. The van der Waals surface area contributed by atoms with Gasteiger partial charge >= 0.3 is 6.09 Å². The lowest BCUT2D eigenvalue weighted by atomic mass is 9.98. The van der Waals surface area contributed by atoms with E-state index in [0.29, 0.717) is 16.3 Å². The third-order valence-electron chi connectivity index (χ3n) is 5.21. The maximum atomic E-state index is 13.7. The highest BCUT2D eigenvalue weighted by molar-refractivity contribution is 7.80. The number of carbonyl (C=O) groups excluding carboxylic acids is 3. The first-order valence-corrected chi connectivity index (χ1v) is 12.3. The fraction of sp³-hybridized carbons (Fsp3) is 0.385. The van der Waals surface area contributed by atoms with Crippen LogP contribution in [0.2, 0.25) is 5.02 Å². The van der Waals surface area contributed by atoms with E-state index in [-0.39, 0.29) is 5.75 Å². The zero-order valence-electron chi connectivity index (χ0n) is 21.0. The second-order valence-electron chi connectivity index (χ2n) is 9.19. The highest BCUT2D eigenvalue weighted by atomic mass is 35.5. The van der Waals surface area contributed by atoms with E-state index in [0.717, 1.165) is 16.0 Å². The summed E-state index contributed by atoms with van der Waals surface area (Å²) in [5.41, 5.74) is 1.63. The molecular weight excluding hydrogens is 500 g/mol. The summed E-state index contributed by atoms with van der Waals surface area (Å²) in [6.45, 7) is 8.28. The van der Waals surface area contributed by atoms with E-state index in [4.69, 9.17) is 16.3 Å². The number of halogens is 1. The summed E-state index contributed by atoms with van der Waals surface area (Å²) in [7, 11) is 0. The number of ether oxygens (including phenoxy) is 1. The SMILES string of the molecule is Cc1ccccc1C(C(=O)Nc1c(C)cccc1Cl)N(CC#N)C(=O)C(CS)NC(=O)OC(C)(C)C. The molecule has 2 atom stereocenters. The van der Waals surface area contributed by atoms with Crippen LogP contribution >= 0.6 is 24.2 Å². The Morgan fingerprint density at radius 3 is 2.31 bits per heavy atom. The normalized spacial score (nSPS) is 12.6. The fourth-order valence-corrected chi connectivity index (χ4v) is 4.05. The minimum atomic E-state index is -1.18. The van der Waals surface area contributed by atoms with Gasteiger partial charge in [-0.05, 0) is 57.4 Å². The van der Waals surface area contributed by atoms with E-state index >= 15 is 0 Å². The highest BCUT2D eigenvalue weighted by Gasteiger charge is 2.36. The average molecular weight is 531 g/mol. The van der Waals surface area contributed by atoms with Gasteiger partial charge in [-0.2, -0.15) is 17.9 Å². The van der Waals surface area contributed by atoms with Crippen molar-refractivity contribution in [2.24, 2.45) is 0 Å². The fourth-order valence-electron chi connectivity index (χ4n) is 3.53. The number of nitrogens with zero attached hydrogens (tertiary/aromatic N) is 2. The van der Waals surface area contributed by atoms with Crippen LogP contribution in [-0.4, -0.2) is 46.7 Å². The Morgan fingerprint density at radius 2 is 1.75 bits per heavy atom. The maximum absolute atomic E-state index is 13.7. The number of amides is 3. The molecule has 0 saturated carbocycles. The number of alkyl carbamates (subject to hydrolysis) is 1. The van der Waals surface area contributed by atoms with Crippen LogP contribution in [0.3, 0.4) is 0 Å². The molecule has 2 unspecified atom stereocenters. The van der Waals surface area contributed by atoms with Crippen molar-refractivity contribution in [3.8, 4) is 6.07 Å². The maximum Gasteiger partial charge on any atom is 0.408 e. The zero-order chi connectivity index (χ0) is 27.0. The van der Waals surface area contributed by atoms with Crippen LogP contribution in [0, 0.1) is 25.2 Å². The molecule has 8 nitrogen and oxygen atoms in total. The van der Waals surface area contributed by atoms with Crippen LogP contribution in [0.15, 0.2) is 42.5 Å². The molecule has 0 bridgehead atoms. The summed E-state index contributed by atoms with van der Waals surface area (Å²) in [5, 5.41) is 15.2. The van der Waals surface area contributed by atoms with Crippen LogP contribution in [0.4, 0.5) is 10.5 Å². The molecule has 0 heterocycles. The van der Waals surface area contributed by atoms with Gasteiger partial charge in [-0.25, -0.2) is 4.79 Å². The molecule has 0 saturated heterocycles. The second-order valence-corrected chi connectivity index (χ2v) is 9.96. The van der Waals surface area contributed by atoms with Crippen LogP contribution < -0.4 is 10.6 Å². The molecule has 0 fully saturated rings. The lowest BCUT2D eigenvalue weighted by molar-refractivity contribution is -0.139. The Kier molecular flexibility index (Phi) is 10.2. The van der Waals surface area contributed by atoms with E-state index in [2.05, 4.69) is 23.3 Å². The van der Waals surface area contributed by atoms with E-state index in [9.17, 15) is 19.6 Å². The predicted molar refractivity (Wildman–Crippen MR) is 143 cm³/mol. The standard InChI is InChI=1S/C26H31ClN4O4S/c1-16-9-6-7-11-18(16)22(23(32)30-21-17(2)10-8-12-19(21)27)31(14-13-28)24(33)20(15-36)29-25(34)35-26(3,4)5/h6-12,20,22,36H,14-15H2,1-5H3,(H,29,34)(H,30,32). The van der Waals surface area contributed by atoms with Crippen molar-refractivity contribution in [1.29, 1.82) is 5.26 Å². The molecule has 0 spiro atoms. The molecule has 2 aromatic rings. The Morgan fingerprint density at radius 1 is 1.11 bits per heavy atom. The van der Waals surface area contributed by atoms with E-state index in [1.54, 1.807) is 71.0 Å². The Hall–Kier alpha value is -3.22. The Labute approximate surface area is 222 Å². The summed E-state index contributed by atoms with van der Waals surface area (Å²) < 4.78 is 5.26. The number of rotatable bonds is 8. The molecular formula is C26H31ClN4O4S. The van der Waals surface area contributed by atoms with Gasteiger partial charge in [-0.15, -0.1) is 0 Å². The Bertz CT molecular complexity index is 1140. The molecule has 3 amide bonds. The smallest absolute Gasteiger partial charge is 0.408 e. The molecule has 2 N–H and O–H groups in total. The molecule has 2 aromatic carbocycles. The summed E-state index contributed by atoms with van der Waals surface area (Å²) in [6, 6.07) is 11.9. The lowest BCUT2D eigenvalue weighted by Gasteiger charge is -2.33. The van der Waals surface area contributed by atoms with E-state index in [1.807, 2.05) is 12.1 Å². The molecule has 0 aliphatic heterocycles. The van der Waals surface area contributed by atoms with Gasteiger partial charge in [0.2, 0.25) is 5.91 Å². The summed E-state index contributed by atoms with van der Waals surface area (Å²) in [4.78, 5) is 40.8. The molecule has 36 heavy (non-hydrogen) atoms. The van der Waals surface area contributed by atoms with Gasteiger partial charge in [0.1, 0.15) is 24.2 Å². The van der Waals surface area contributed by atoms with Crippen molar-refractivity contribution >= 4 is 47.8 Å². The number of carbonyl (C=O) groups is 3. The van der Waals surface area contributed by atoms with E-state index < -0.39 is 42.1 Å². The number of hydrogen-bond donors (Lipinski definition) is 3. The van der Waals surface area contributed by atoms with Gasteiger partial charge in [0.05, 0.1) is 16.8 Å². The van der Waals surface area contributed by atoms with Crippen molar-refractivity contribution in [2.75, 3.05) is 17.6 Å². The number of benzene rings is 2. The number of hydrogen-bond acceptors (Lipinski definition) is 6. The Balaban J connectivity index is 2.50. The van der Waals surface area contributed by atoms with Gasteiger partial charge in [-0.3, -0.25) is 9.59 Å². The van der Waals surface area contributed by atoms with Crippen molar-refractivity contribution in [3.63, 3.8) is 0 Å². The largest absolute Gasteiger partial charge is 0.444 e. The first-order valence-electron chi connectivity index (χ1n) is 11.3. The van der Waals surface area contributed by atoms with E-state index in [1.165, 1.54) is 0 Å². The highest BCUT2D eigenvalue weighted by Crippen LogP contribution is 2.30. The van der Waals surface area contributed by atoms with Crippen LogP contribution in [0.25, 0.3) is 0 Å². The molecule has 192 valence electrons. The predicted octanol–water partition coefficient (Wildman–Crippen LogP) is 4.81. The number of aryl methyl sites for hydroxylation is 2. The molecule has 0 aromatic heterocycles. The summed E-state index contributed by atoms with van der Waals surface area (Å²) in [5.74, 6) is -1.29. The minimum Gasteiger partial charge on any atom is -0.444 e. The van der Waals surface area contributed by atoms with Crippen molar-refractivity contribution in [2.45, 2.75) is 52.3 Å². The third kappa shape index (κ3) is 7.64. The quantitative estimate of drug-likeness (QED) is 0.335. The number of para-hydroxylation sites is 1. The van der Waals surface area contributed by atoms with Crippen molar-refractivity contribution in [3.05, 3.63) is 64.2 Å². The number of nitriles is 1. The second kappa shape index (κ2) is 12.7. The van der Waals surface area contributed by atoms with Crippen LogP contribution in [0.1, 0.15) is 43.5 Å². The molecule has 0 aliphatic rings. The monoisotopic (exact) mass is 530 g/mol. The average Bonchev–Trinajstić information content (AvgIpc) is 2.79. The van der Waals surface area contributed by atoms with Crippen molar-refractivity contribution < 1.29 is 19.1 Å². The van der Waals surface area contributed by atoms with Gasteiger partial charge in [0.15, 0.2) is 0 Å². The van der Waals surface area contributed by atoms with Gasteiger partial charge in [-0.1, -0.05) is 48.0 Å². The number of nitrogens with one attached hydrogen (secondary N) is 2. The van der Waals surface area contributed by atoms with Gasteiger partial charge in [0, 0.05) is 5.75 Å². The molecule has 0 aliphatic carbocycles. The molecule has 10 heteroatoms. The molecule has 0 radical (unpaired) electrons. The number of thiol groups is 1.